The molecule has 2 nitrogen and oxygen atoms in total. The molecule has 2 rings (SSSR count). The van der Waals surface area contributed by atoms with Gasteiger partial charge in [0.1, 0.15) is 0 Å². The largest absolute Gasteiger partial charge is 0.377 e. The molecule has 1 saturated carbocycles. The molecule has 0 aliphatic heterocycles. The second kappa shape index (κ2) is 7.95. The van der Waals surface area contributed by atoms with Crippen LogP contribution in [0.15, 0.2) is 24.3 Å². The Bertz CT molecular complexity index is 401. The molecule has 0 aromatic heterocycles. The highest BCUT2D eigenvalue weighted by Crippen LogP contribution is 2.29. The molecule has 0 bridgehead atoms. The molecule has 1 N–H and O–H groups in total. The predicted molar refractivity (Wildman–Crippen MR) is 89.5 cm³/mol. The molecule has 1 aromatic rings. The third kappa shape index (κ3) is 6.62. The van der Waals surface area contributed by atoms with Crippen molar-refractivity contribution in [1.29, 1.82) is 0 Å². The molecular weight excluding hydrogens is 258 g/mol. The van der Waals surface area contributed by atoms with Crippen molar-refractivity contribution in [3.8, 4) is 0 Å². The molecule has 1 aliphatic rings. The van der Waals surface area contributed by atoms with Crippen molar-refractivity contribution < 1.29 is 4.74 Å². The lowest BCUT2D eigenvalue weighted by atomic mass is 9.83. The lowest BCUT2D eigenvalue weighted by Gasteiger charge is -2.24. The maximum atomic E-state index is 5.78. The molecule has 0 radical (unpaired) electrons. The number of benzene rings is 1. The Balaban J connectivity index is 1.61. The fraction of sp³-hybridized carbons (Fsp3) is 0.684. The highest BCUT2D eigenvalue weighted by atomic mass is 16.5. The highest BCUT2D eigenvalue weighted by Gasteiger charge is 2.16. The molecule has 0 saturated heterocycles. The number of hydrogen-bond donors (Lipinski definition) is 1. The SMILES string of the molecule is CC(C)(C)NCCc1ccc(COCCC2CCC2)cc1. The lowest BCUT2D eigenvalue weighted by Crippen LogP contribution is -2.37. The molecule has 1 aliphatic carbocycles. The van der Waals surface area contributed by atoms with E-state index in [0.717, 1.165) is 32.1 Å². The van der Waals surface area contributed by atoms with Crippen LogP contribution in [0.5, 0.6) is 0 Å². The maximum absolute atomic E-state index is 5.78. The van der Waals surface area contributed by atoms with Crippen molar-refractivity contribution in [2.75, 3.05) is 13.2 Å². The molecular formula is C19H31NO. The maximum Gasteiger partial charge on any atom is 0.0716 e. The van der Waals surface area contributed by atoms with Gasteiger partial charge in [0.05, 0.1) is 6.61 Å². The van der Waals surface area contributed by atoms with Gasteiger partial charge in [0.25, 0.3) is 0 Å². The van der Waals surface area contributed by atoms with Crippen molar-refractivity contribution >= 4 is 0 Å². The van der Waals surface area contributed by atoms with Gasteiger partial charge in [0.15, 0.2) is 0 Å². The summed E-state index contributed by atoms with van der Waals surface area (Å²) in [6.07, 6.45) is 6.59. The third-order valence-corrected chi connectivity index (χ3v) is 4.26. The monoisotopic (exact) mass is 289 g/mol. The summed E-state index contributed by atoms with van der Waals surface area (Å²) < 4.78 is 5.78. The average molecular weight is 289 g/mol. The van der Waals surface area contributed by atoms with E-state index in [1.165, 1.54) is 36.8 Å². The second-order valence-electron chi connectivity index (χ2n) is 7.38. The number of nitrogens with one attached hydrogen (secondary N) is 1. The van der Waals surface area contributed by atoms with Gasteiger partial charge in [-0.15, -0.1) is 0 Å². The Morgan fingerprint density at radius 3 is 2.33 bits per heavy atom. The molecule has 0 amide bonds. The van der Waals surface area contributed by atoms with Crippen LogP contribution in [0.1, 0.15) is 57.6 Å². The first-order valence-corrected chi connectivity index (χ1v) is 8.43. The highest BCUT2D eigenvalue weighted by molar-refractivity contribution is 5.22. The molecule has 0 atom stereocenters. The Kier molecular flexibility index (Phi) is 6.25. The van der Waals surface area contributed by atoms with Gasteiger partial charge in [0, 0.05) is 12.1 Å². The minimum atomic E-state index is 0.203. The zero-order valence-corrected chi connectivity index (χ0v) is 14.0. The number of rotatable bonds is 8. The topological polar surface area (TPSA) is 21.3 Å². The van der Waals surface area contributed by atoms with Crippen LogP contribution < -0.4 is 5.32 Å². The normalized spacial score (nSPS) is 16.0. The molecule has 1 aromatic carbocycles. The van der Waals surface area contributed by atoms with Crippen LogP contribution in [0.4, 0.5) is 0 Å². The van der Waals surface area contributed by atoms with E-state index in [1.807, 2.05) is 0 Å². The van der Waals surface area contributed by atoms with E-state index >= 15 is 0 Å². The van der Waals surface area contributed by atoms with Crippen molar-refractivity contribution in [2.45, 2.75) is 65.0 Å². The Hall–Kier alpha value is -0.860. The second-order valence-corrected chi connectivity index (χ2v) is 7.38. The average Bonchev–Trinajstić information content (AvgIpc) is 2.37. The van der Waals surface area contributed by atoms with E-state index < -0.39 is 0 Å². The van der Waals surface area contributed by atoms with Gasteiger partial charge < -0.3 is 10.1 Å². The first-order valence-electron chi connectivity index (χ1n) is 8.43. The summed E-state index contributed by atoms with van der Waals surface area (Å²) in [5.41, 5.74) is 2.88. The standard InChI is InChI=1S/C19H31NO/c1-19(2,3)20-13-11-17-7-9-18(10-8-17)15-21-14-12-16-5-4-6-16/h7-10,16,20H,4-6,11-15H2,1-3H3. The molecule has 0 unspecified atom stereocenters. The summed E-state index contributed by atoms with van der Waals surface area (Å²) in [6, 6.07) is 8.87. The molecule has 118 valence electrons. The zero-order chi connectivity index (χ0) is 15.1. The van der Waals surface area contributed by atoms with Gasteiger partial charge in [-0.3, -0.25) is 0 Å². The molecule has 0 spiro atoms. The fourth-order valence-corrected chi connectivity index (χ4v) is 2.61. The van der Waals surface area contributed by atoms with Gasteiger partial charge >= 0.3 is 0 Å². The summed E-state index contributed by atoms with van der Waals surface area (Å²) >= 11 is 0. The van der Waals surface area contributed by atoms with Crippen LogP contribution in [0.2, 0.25) is 0 Å². The van der Waals surface area contributed by atoms with Crippen LogP contribution >= 0.6 is 0 Å². The van der Waals surface area contributed by atoms with E-state index in [4.69, 9.17) is 4.74 Å². The number of hydrogen-bond acceptors (Lipinski definition) is 2. The van der Waals surface area contributed by atoms with E-state index in [9.17, 15) is 0 Å². The van der Waals surface area contributed by atoms with Crippen molar-refractivity contribution in [2.24, 2.45) is 5.92 Å². The minimum absolute atomic E-state index is 0.203. The predicted octanol–water partition coefficient (Wildman–Crippen LogP) is 4.32. The van der Waals surface area contributed by atoms with E-state index in [-0.39, 0.29) is 5.54 Å². The summed E-state index contributed by atoms with van der Waals surface area (Å²) in [6.45, 7) is 9.32. The molecule has 21 heavy (non-hydrogen) atoms. The quantitative estimate of drug-likeness (QED) is 0.719. The first-order chi connectivity index (χ1) is 10.0. The lowest BCUT2D eigenvalue weighted by molar-refractivity contribution is 0.0950. The third-order valence-electron chi connectivity index (χ3n) is 4.26. The van der Waals surface area contributed by atoms with Crippen molar-refractivity contribution in [3.05, 3.63) is 35.4 Å². The summed E-state index contributed by atoms with van der Waals surface area (Å²) in [5.74, 6) is 0.947. The van der Waals surface area contributed by atoms with Gasteiger partial charge in [0.2, 0.25) is 0 Å². The zero-order valence-electron chi connectivity index (χ0n) is 14.0. The Morgan fingerprint density at radius 2 is 1.76 bits per heavy atom. The van der Waals surface area contributed by atoms with Crippen molar-refractivity contribution in [1.82, 2.24) is 5.32 Å². The number of ether oxygens (including phenoxy) is 1. The Morgan fingerprint density at radius 1 is 1.10 bits per heavy atom. The fourth-order valence-electron chi connectivity index (χ4n) is 2.61. The van der Waals surface area contributed by atoms with Crippen LogP contribution in [0.3, 0.4) is 0 Å². The van der Waals surface area contributed by atoms with E-state index in [1.54, 1.807) is 0 Å². The molecule has 2 heteroatoms. The summed E-state index contributed by atoms with van der Waals surface area (Å²) in [5, 5.41) is 3.52. The van der Waals surface area contributed by atoms with Crippen molar-refractivity contribution in [3.63, 3.8) is 0 Å². The van der Waals surface area contributed by atoms with E-state index in [2.05, 4.69) is 50.4 Å². The van der Waals surface area contributed by atoms with Gasteiger partial charge in [-0.05, 0) is 57.2 Å². The van der Waals surface area contributed by atoms with Crippen LogP contribution in [0.25, 0.3) is 0 Å². The summed E-state index contributed by atoms with van der Waals surface area (Å²) in [4.78, 5) is 0. The smallest absolute Gasteiger partial charge is 0.0716 e. The molecule has 1 fully saturated rings. The van der Waals surface area contributed by atoms with Crippen LogP contribution in [-0.4, -0.2) is 18.7 Å². The van der Waals surface area contributed by atoms with Crippen LogP contribution in [-0.2, 0) is 17.8 Å². The van der Waals surface area contributed by atoms with Gasteiger partial charge in [-0.2, -0.15) is 0 Å². The first kappa shape index (κ1) is 16.5. The van der Waals surface area contributed by atoms with E-state index in [0.29, 0.717) is 0 Å². The van der Waals surface area contributed by atoms with Gasteiger partial charge in [-0.25, -0.2) is 0 Å². The minimum Gasteiger partial charge on any atom is -0.377 e. The van der Waals surface area contributed by atoms with Crippen LogP contribution in [0, 0.1) is 5.92 Å². The summed E-state index contributed by atoms with van der Waals surface area (Å²) in [7, 11) is 0. The molecule has 0 heterocycles. The van der Waals surface area contributed by atoms with Gasteiger partial charge in [-0.1, -0.05) is 43.5 Å². The Labute approximate surface area is 130 Å².